The summed E-state index contributed by atoms with van der Waals surface area (Å²) < 4.78 is 181. The fraction of sp³-hybridized carbons (Fsp3) is 0.355. The number of likely N-dealkylation sites (tertiary alicyclic amines) is 1. The maximum atomic E-state index is 15.6. The minimum atomic E-state index is -5.92. The van der Waals surface area contributed by atoms with E-state index in [1.807, 2.05) is 0 Å². The molecule has 2 aliphatic rings. The third-order valence-electron chi connectivity index (χ3n) is 8.95. The number of nitrogens with one attached hydrogen (secondary N) is 1. The molecule has 0 spiro atoms. The SMILES string of the molecule is CNC(=O)[C@@H]1C[C@@H](F)C[N+]1(C)C1(c2ccccc2OC(F)(F)F)C(=O)N(S(=O)(=O)c2ccc(OC)cc2OC(F)(F)F)c2cc(C(F)(F)F)c(Cl)cc21. The van der Waals surface area contributed by atoms with Crippen molar-refractivity contribution in [3.05, 3.63) is 76.3 Å². The summed E-state index contributed by atoms with van der Waals surface area (Å²) in [7, 11) is -2.86. The Labute approximate surface area is 298 Å². The van der Waals surface area contributed by atoms with Gasteiger partial charge in [0.15, 0.2) is 18.0 Å². The molecule has 0 saturated carbocycles. The topological polar surface area (TPSA) is 111 Å². The highest BCUT2D eigenvalue weighted by molar-refractivity contribution is 7.93. The number of ether oxygens (including phenoxy) is 3. The number of quaternary nitrogens is 1. The molecule has 2 aliphatic heterocycles. The number of rotatable bonds is 8. The van der Waals surface area contributed by atoms with Gasteiger partial charge < -0.3 is 19.5 Å². The van der Waals surface area contributed by atoms with Crippen molar-refractivity contribution in [2.24, 2.45) is 0 Å². The summed E-state index contributed by atoms with van der Waals surface area (Å²) in [6, 6.07) is 3.95. The fourth-order valence-electron chi connectivity index (χ4n) is 6.98. The Hall–Kier alpha value is -4.50. The lowest BCUT2D eigenvalue weighted by Crippen LogP contribution is -2.69. The van der Waals surface area contributed by atoms with Gasteiger partial charge in [0, 0.05) is 19.5 Å². The van der Waals surface area contributed by atoms with Gasteiger partial charge in [-0.3, -0.25) is 14.1 Å². The van der Waals surface area contributed by atoms with E-state index in [4.69, 9.17) is 16.3 Å². The molecule has 3 aromatic carbocycles. The number of sulfonamides is 1. The summed E-state index contributed by atoms with van der Waals surface area (Å²) in [5.41, 5.74) is -7.98. The van der Waals surface area contributed by atoms with Gasteiger partial charge in [-0.25, -0.2) is 12.8 Å². The number of carbonyl (C=O) groups is 2. The van der Waals surface area contributed by atoms with E-state index >= 15 is 9.18 Å². The highest BCUT2D eigenvalue weighted by atomic mass is 35.5. The maximum Gasteiger partial charge on any atom is 0.573 e. The first kappa shape index (κ1) is 39.7. The molecular weight excluding hydrogens is 784 g/mol. The zero-order chi connectivity index (χ0) is 39.7. The van der Waals surface area contributed by atoms with Gasteiger partial charge in [0.1, 0.15) is 22.9 Å². The molecule has 0 aliphatic carbocycles. The smallest absolute Gasteiger partial charge is 0.497 e. The highest BCUT2D eigenvalue weighted by Gasteiger charge is 2.73. The summed E-state index contributed by atoms with van der Waals surface area (Å²) in [6.07, 6.45) is -19.3. The van der Waals surface area contributed by atoms with Crippen molar-refractivity contribution in [1.29, 1.82) is 0 Å². The minimum Gasteiger partial charge on any atom is -0.497 e. The molecule has 1 N–H and O–H groups in total. The van der Waals surface area contributed by atoms with Crippen LogP contribution in [0, 0.1) is 0 Å². The number of hydrogen-bond acceptors (Lipinski definition) is 7. The van der Waals surface area contributed by atoms with E-state index in [1.165, 1.54) is 0 Å². The summed E-state index contributed by atoms with van der Waals surface area (Å²) >= 11 is 6.09. The second kappa shape index (κ2) is 13.1. The normalized spacial score (nSPS) is 23.5. The van der Waals surface area contributed by atoms with E-state index in [-0.39, 0.29) is 10.4 Å². The van der Waals surface area contributed by atoms with Gasteiger partial charge in [-0.2, -0.15) is 17.5 Å². The van der Waals surface area contributed by atoms with Gasteiger partial charge in [-0.15, -0.1) is 26.3 Å². The average Bonchev–Trinajstić information content (AvgIpc) is 3.48. The lowest BCUT2D eigenvalue weighted by molar-refractivity contribution is -0.953. The molecule has 3 aromatic rings. The molecule has 5 rings (SSSR count). The Morgan fingerprint density at radius 1 is 0.943 bits per heavy atom. The number of alkyl halides is 10. The van der Waals surface area contributed by atoms with Crippen LogP contribution in [0.25, 0.3) is 0 Å². The summed E-state index contributed by atoms with van der Waals surface area (Å²) in [4.78, 5) is 27.2. The molecule has 2 amide bonds. The fourth-order valence-corrected chi connectivity index (χ4v) is 8.80. The quantitative estimate of drug-likeness (QED) is 0.206. The first-order chi connectivity index (χ1) is 24.3. The van der Waals surface area contributed by atoms with Crippen molar-refractivity contribution in [2.75, 3.05) is 32.1 Å². The van der Waals surface area contributed by atoms with Crippen molar-refractivity contribution < 1.29 is 80.6 Å². The summed E-state index contributed by atoms with van der Waals surface area (Å²) in [5, 5.41) is 1.01. The van der Waals surface area contributed by atoms with E-state index in [1.54, 1.807) is 0 Å². The van der Waals surface area contributed by atoms with Crippen LogP contribution in [0.5, 0.6) is 17.2 Å². The summed E-state index contributed by atoms with van der Waals surface area (Å²) in [6.45, 7) is -0.943. The van der Waals surface area contributed by atoms with Crippen molar-refractivity contribution in [1.82, 2.24) is 5.32 Å². The third kappa shape index (κ3) is 6.66. The molecule has 10 nitrogen and oxygen atoms in total. The van der Waals surface area contributed by atoms with Crippen LogP contribution in [0.2, 0.25) is 5.02 Å². The number of carbonyl (C=O) groups excluding carboxylic acids is 2. The molecule has 53 heavy (non-hydrogen) atoms. The number of nitrogens with zero attached hydrogens (tertiary/aromatic N) is 2. The Bertz CT molecular complexity index is 2080. The zero-order valence-electron chi connectivity index (χ0n) is 27.1. The zero-order valence-corrected chi connectivity index (χ0v) is 28.7. The number of methoxy groups -OCH3 is 1. The van der Waals surface area contributed by atoms with E-state index in [0.29, 0.717) is 24.3 Å². The number of likely N-dealkylation sites (N-methyl/N-ethyl adjacent to an activating group) is 2. The first-order valence-corrected chi connectivity index (χ1v) is 16.7. The van der Waals surface area contributed by atoms with Crippen LogP contribution in [0.4, 0.5) is 49.6 Å². The summed E-state index contributed by atoms with van der Waals surface area (Å²) in [5.74, 6) is -6.11. The lowest BCUT2D eigenvalue weighted by Gasteiger charge is -2.48. The van der Waals surface area contributed by atoms with Crippen LogP contribution in [0.3, 0.4) is 0 Å². The lowest BCUT2D eigenvalue weighted by atomic mass is 9.78. The van der Waals surface area contributed by atoms with E-state index in [9.17, 15) is 52.7 Å². The third-order valence-corrected chi connectivity index (χ3v) is 11.0. The van der Waals surface area contributed by atoms with Gasteiger partial charge in [0.25, 0.3) is 15.9 Å². The Morgan fingerprint density at radius 2 is 1.55 bits per heavy atom. The van der Waals surface area contributed by atoms with Crippen molar-refractivity contribution in [3.63, 3.8) is 0 Å². The molecule has 1 saturated heterocycles. The van der Waals surface area contributed by atoms with Gasteiger partial charge in [0.2, 0.25) is 5.54 Å². The average molecular weight is 809 g/mol. The predicted molar refractivity (Wildman–Crippen MR) is 163 cm³/mol. The largest absolute Gasteiger partial charge is 0.573 e. The van der Waals surface area contributed by atoms with Crippen LogP contribution in [0.1, 0.15) is 23.1 Å². The molecule has 0 bridgehead atoms. The Balaban J connectivity index is 1.99. The second-order valence-electron chi connectivity index (χ2n) is 11.9. The monoisotopic (exact) mass is 808 g/mol. The van der Waals surface area contributed by atoms with Gasteiger partial charge in [-0.1, -0.05) is 23.7 Å². The number of hydrogen-bond donors (Lipinski definition) is 1. The van der Waals surface area contributed by atoms with Crippen LogP contribution in [0.15, 0.2) is 59.5 Å². The molecule has 1 fully saturated rings. The highest BCUT2D eigenvalue weighted by Crippen LogP contribution is 2.59. The van der Waals surface area contributed by atoms with Gasteiger partial charge in [-0.05, 0) is 36.4 Å². The van der Waals surface area contributed by atoms with Crippen molar-refractivity contribution in [2.45, 2.75) is 48.0 Å². The van der Waals surface area contributed by atoms with E-state index < -0.39 is 125 Å². The molecule has 2 unspecified atom stereocenters. The first-order valence-electron chi connectivity index (χ1n) is 14.8. The Morgan fingerprint density at radius 3 is 2.11 bits per heavy atom. The number of halogens is 11. The van der Waals surface area contributed by atoms with Crippen LogP contribution < -0.4 is 23.8 Å². The molecule has 0 radical (unpaired) electrons. The van der Waals surface area contributed by atoms with E-state index in [2.05, 4.69) is 14.8 Å². The molecule has 0 aromatic heterocycles. The Kier molecular flexibility index (Phi) is 9.82. The molecule has 22 heteroatoms. The number of anilines is 1. The predicted octanol–water partition coefficient (Wildman–Crippen LogP) is 6.45. The second-order valence-corrected chi connectivity index (χ2v) is 14.1. The maximum absolute atomic E-state index is 15.6. The van der Waals surface area contributed by atoms with Crippen LogP contribution in [-0.2, 0) is 31.3 Å². The number of para-hydroxylation sites is 1. The van der Waals surface area contributed by atoms with Gasteiger partial charge in [0.05, 0.1) is 41.6 Å². The molecule has 288 valence electrons. The molecule has 2 heterocycles. The van der Waals surface area contributed by atoms with Gasteiger partial charge >= 0.3 is 24.8 Å². The molecular formula is C31H25ClF10N3O7S+. The minimum absolute atomic E-state index is 0.0555. The van der Waals surface area contributed by atoms with E-state index in [0.717, 1.165) is 45.5 Å². The molecule has 4 atom stereocenters. The van der Waals surface area contributed by atoms with Crippen molar-refractivity contribution in [3.8, 4) is 17.2 Å². The standard InChI is InChI=1S/C31H24ClF10N3O7S/c1-43-26(46)22-10-15(33)14-45(22,2)28(17-6-4-5-7-23(17)51-30(37,38)39)19-12-20(32)18(29(34,35)36)13-21(19)44(27(28)47)53(48,49)25-9-8-16(50-3)11-24(25)52-31(40,41)42/h4-9,11-13,15,22H,10,14H2,1-3H3/p+1/t15-,22+,28?,45?/m1/s1. The van der Waals surface area contributed by atoms with Crippen molar-refractivity contribution >= 4 is 39.1 Å². The number of fused-ring (bicyclic) bond motifs is 1. The number of benzene rings is 3. The number of amides is 2. The van der Waals surface area contributed by atoms with Crippen LogP contribution in [-0.4, -0.2) is 77.4 Å². The van der Waals surface area contributed by atoms with Crippen LogP contribution >= 0.6 is 11.6 Å².